The second kappa shape index (κ2) is 11.7. The highest BCUT2D eigenvalue weighted by Gasteiger charge is 2.37. The molecule has 4 rings (SSSR count). The van der Waals surface area contributed by atoms with Gasteiger partial charge in [-0.15, -0.1) is 0 Å². The van der Waals surface area contributed by atoms with E-state index in [1.165, 1.54) is 22.3 Å². The quantitative estimate of drug-likeness (QED) is 0.357. The minimum absolute atomic E-state index is 0.281. The minimum atomic E-state index is -0.418. The van der Waals surface area contributed by atoms with E-state index < -0.39 is 5.41 Å². The summed E-state index contributed by atoms with van der Waals surface area (Å²) in [5.41, 5.74) is 4.74. The highest BCUT2D eigenvalue weighted by atomic mass is 15.3. The first-order valence-corrected chi connectivity index (χ1v) is 13.1. The molecule has 1 atom stereocenters. The number of nitrogens with zero attached hydrogens (tertiary/aromatic N) is 3. The van der Waals surface area contributed by atoms with E-state index in [2.05, 4.69) is 122 Å². The fourth-order valence-corrected chi connectivity index (χ4v) is 5.76. The van der Waals surface area contributed by atoms with Crippen molar-refractivity contribution in [1.29, 1.82) is 5.26 Å². The lowest BCUT2D eigenvalue weighted by molar-refractivity contribution is 0.106. The molecule has 0 saturated carbocycles. The standard InChI is InChI=1S/C32H39N3/c1-26(2)32(25-33,30-18-11-10-13-27(30)3)19-12-20-34-21-23-35(24-22-34)31(28-14-6-4-7-15-28)29-16-8-5-9-17-29/h4-11,13-18,26,31H,12,19-24H2,1-3H3/t32-/m1/s1. The Morgan fingerprint density at radius 1 is 0.800 bits per heavy atom. The van der Waals surface area contributed by atoms with Crippen LogP contribution in [0.5, 0.6) is 0 Å². The van der Waals surface area contributed by atoms with Gasteiger partial charge in [-0.3, -0.25) is 4.90 Å². The Morgan fingerprint density at radius 2 is 1.34 bits per heavy atom. The fourth-order valence-electron chi connectivity index (χ4n) is 5.76. The lowest BCUT2D eigenvalue weighted by atomic mass is 9.68. The van der Waals surface area contributed by atoms with Crippen LogP contribution in [0.1, 0.15) is 55.0 Å². The summed E-state index contributed by atoms with van der Waals surface area (Å²) in [5.74, 6) is 0.281. The normalized spacial score (nSPS) is 16.8. The molecule has 3 heteroatoms. The Bertz CT molecular complexity index is 1050. The number of hydrogen-bond acceptors (Lipinski definition) is 3. The number of piperazine rings is 1. The van der Waals surface area contributed by atoms with E-state index in [1.54, 1.807) is 0 Å². The molecule has 0 aliphatic carbocycles. The van der Waals surface area contributed by atoms with Crippen LogP contribution in [0.2, 0.25) is 0 Å². The van der Waals surface area contributed by atoms with Crippen molar-refractivity contribution < 1.29 is 0 Å². The van der Waals surface area contributed by atoms with Crippen LogP contribution >= 0.6 is 0 Å². The van der Waals surface area contributed by atoms with E-state index >= 15 is 0 Å². The zero-order valence-corrected chi connectivity index (χ0v) is 21.5. The van der Waals surface area contributed by atoms with Crippen LogP contribution < -0.4 is 0 Å². The molecule has 1 aliphatic heterocycles. The molecule has 1 fully saturated rings. The van der Waals surface area contributed by atoms with Crippen molar-refractivity contribution in [3.05, 3.63) is 107 Å². The number of hydrogen-bond donors (Lipinski definition) is 0. The molecule has 1 saturated heterocycles. The smallest absolute Gasteiger partial charge is 0.0848 e. The Balaban J connectivity index is 1.39. The molecule has 0 unspecified atom stereocenters. The molecule has 182 valence electrons. The maximum Gasteiger partial charge on any atom is 0.0848 e. The van der Waals surface area contributed by atoms with Crippen molar-refractivity contribution in [2.75, 3.05) is 32.7 Å². The second-order valence-corrected chi connectivity index (χ2v) is 10.3. The predicted octanol–water partition coefficient (Wildman–Crippen LogP) is 6.60. The first-order valence-electron chi connectivity index (χ1n) is 13.1. The van der Waals surface area contributed by atoms with Crippen molar-refractivity contribution in [2.45, 2.75) is 45.1 Å². The number of rotatable bonds is 9. The van der Waals surface area contributed by atoms with E-state index in [1.807, 2.05) is 0 Å². The molecule has 35 heavy (non-hydrogen) atoms. The first kappa shape index (κ1) is 25.2. The number of benzene rings is 3. The molecule has 3 aromatic rings. The Labute approximate surface area is 212 Å². The summed E-state index contributed by atoms with van der Waals surface area (Å²) in [6.45, 7) is 11.8. The van der Waals surface area contributed by atoms with Crippen LogP contribution in [-0.4, -0.2) is 42.5 Å². The molecule has 0 amide bonds. The largest absolute Gasteiger partial charge is 0.301 e. The molecular formula is C32H39N3. The molecule has 0 bridgehead atoms. The van der Waals surface area contributed by atoms with E-state index in [4.69, 9.17) is 0 Å². The van der Waals surface area contributed by atoms with Gasteiger partial charge in [0.05, 0.1) is 17.5 Å². The van der Waals surface area contributed by atoms with Crippen LogP contribution in [0.3, 0.4) is 0 Å². The Hall–Kier alpha value is -2.93. The zero-order chi connectivity index (χ0) is 24.7. The van der Waals surface area contributed by atoms with Crippen molar-refractivity contribution in [3.63, 3.8) is 0 Å². The van der Waals surface area contributed by atoms with Gasteiger partial charge in [0, 0.05) is 26.2 Å². The van der Waals surface area contributed by atoms with Gasteiger partial charge in [-0.1, -0.05) is 98.8 Å². The molecule has 0 spiro atoms. The molecule has 0 N–H and O–H groups in total. The van der Waals surface area contributed by atoms with Gasteiger partial charge in [0.1, 0.15) is 0 Å². The Morgan fingerprint density at radius 3 is 1.86 bits per heavy atom. The van der Waals surface area contributed by atoms with Gasteiger partial charge in [-0.05, 0) is 54.5 Å². The summed E-state index contributed by atoms with van der Waals surface area (Å²) in [4.78, 5) is 5.21. The Kier molecular flexibility index (Phi) is 8.39. The van der Waals surface area contributed by atoms with Crippen molar-refractivity contribution >= 4 is 0 Å². The summed E-state index contributed by atoms with van der Waals surface area (Å²) in [6.07, 6.45) is 1.95. The predicted molar refractivity (Wildman–Crippen MR) is 145 cm³/mol. The molecule has 1 heterocycles. The lowest BCUT2D eigenvalue weighted by Crippen LogP contribution is -2.48. The van der Waals surface area contributed by atoms with Gasteiger partial charge >= 0.3 is 0 Å². The average molecular weight is 466 g/mol. The van der Waals surface area contributed by atoms with Gasteiger partial charge in [0.2, 0.25) is 0 Å². The van der Waals surface area contributed by atoms with E-state index in [0.717, 1.165) is 45.6 Å². The van der Waals surface area contributed by atoms with Gasteiger partial charge in [-0.2, -0.15) is 5.26 Å². The molecule has 3 nitrogen and oxygen atoms in total. The number of aryl methyl sites for hydroxylation is 1. The maximum atomic E-state index is 10.3. The first-order chi connectivity index (χ1) is 17.0. The van der Waals surface area contributed by atoms with Gasteiger partial charge in [0.25, 0.3) is 0 Å². The van der Waals surface area contributed by atoms with Crippen molar-refractivity contribution in [2.24, 2.45) is 5.92 Å². The second-order valence-electron chi connectivity index (χ2n) is 10.3. The van der Waals surface area contributed by atoms with Crippen LogP contribution in [0, 0.1) is 24.2 Å². The fraction of sp³-hybridized carbons (Fsp3) is 0.406. The third-order valence-corrected chi connectivity index (χ3v) is 7.86. The molecular weight excluding hydrogens is 426 g/mol. The van der Waals surface area contributed by atoms with Gasteiger partial charge < -0.3 is 4.90 Å². The number of nitriles is 1. The molecule has 0 aromatic heterocycles. The monoisotopic (exact) mass is 465 g/mol. The van der Waals surface area contributed by atoms with Crippen LogP contribution in [-0.2, 0) is 5.41 Å². The summed E-state index contributed by atoms with van der Waals surface area (Å²) in [6, 6.07) is 33.3. The zero-order valence-electron chi connectivity index (χ0n) is 21.5. The topological polar surface area (TPSA) is 30.3 Å². The average Bonchev–Trinajstić information content (AvgIpc) is 2.89. The molecule has 1 aliphatic rings. The summed E-state index contributed by atoms with van der Waals surface area (Å²) >= 11 is 0. The van der Waals surface area contributed by atoms with Crippen LogP contribution in [0.25, 0.3) is 0 Å². The van der Waals surface area contributed by atoms with E-state index in [-0.39, 0.29) is 5.92 Å². The highest BCUT2D eigenvalue weighted by molar-refractivity contribution is 5.39. The van der Waals surface area contributed by atoms with Crippen LogP contribution in [0.4, 0.5) is 0 Å². The molecule has 3 aromatic carbocycles. The SMILES string of the molecule is Cc1ccccc1[C@@](C#N)(CCCN1CCN(C(c2ccccc2)c2ccccc2)CC1)C(C)C. The summed E-state index contributed by atoms with van der Waals surface area (Å²) in [5, 5.41) is 10.3. The lowest BCUT2D eigenvalue weighted by Gasteiger charge is -2.40. The summed E-state index contributed by atoms with van der Waals surface area (Å²) < 4.78 is 0. The van der Waals surface area contributed by atoms with Crippen LogP contribution in [0.15, 0.2) is 84.9 Å². The van der Waals surface area contributed by atoms with Gasteiger partial charge in [-0.25, -0.2) is 0 Å². The molecule has 0 radical (unpaired) electrons. The van der Waals surface area contributed by atoms with E-state index in [0.29, 0.717) is 6.04 Å². The highest BCUT2D eigenvalue weighted by Crippen LogP contribution is 2.38. The van der Waals surface area contributed by atoms with Gasteiger partial charge in [0.15, 0.2) is 0 Å². The van der Waals surface area contributed by atoms with Crippen molar-refractivity contribution in [3.8, 4) is 6.07 Å². The minimum Gasteiger partial charge on any atom is -0.301 e. The summed E-state index contributed by atoms with van der Waals surface area (Å²) in [7, 11) is 0. The third-order valence-electron chi connectivity index (χ3n) is 7.86. The van der Waals surface area contributed by atoms with Crippen molar-refractivity contribution in [1.82, 2.24) is 9.80 Å². The third kappa shape index (κ3) is 5.67. The maximum absolute atomic E-state index is 10.3. The van der Waals surface area contributed by atoms with E-state index in [9.17, 15) is 5.26 Å².